The van der Waals surface area contributed by atoms with Crippen LogP contribution in [0, 0.1) is 5.92 Å². The summed E-state index contributed by atoms with van der Waals surface area (Å²) >= 11 is 6.41. The number of tetrazole rings is 1. The third-order valence-corrected chi connectivity index (χ3v) is 8.57. The predicted molar refractivity (Wildman–Crippen MR) is 168 cm³/mol. The van der Waals surface area contributed by atoms with E-state index in [1.165, 1.54) is 17.1 Å². The number of pyridine rings is 2. The number of aromatic nitrogens is 8. The fourth-order valence-electron chi connectivity index (χ4n) is 6.02. The lowest BCUT2D eigenvalue weighted by Gasteiger charge is -2.27. The number of nitrogens with one attached hydrogen (secondary N) is 1. The summed E-state index contributed by atoms with van der Waals surface area (Å²) in [4.78, 5) is 32.2. The van der Waals surface area contributed by atoms with Crippen LogP contribution >= 0.6 is 11.6 Å². The molecule has 0 spiro atoms. The van der Waals surface area contributed by atoms with Crippen LogP contribution < -0.4 is 25.1 Å². The molecule has 14 nitrogen and oxygen atoms in total. The van der Waals surface area contributed by atoms with Gasteiger partial charge in [0.05, 0.1) is 53.9 Å². The molecule has 1 aromatic carbocycles. The third kappa shape index (κ3) is 5.23. The van der Waals surface area contributed by atoms with Crippen molar-refractivity contribution in [2.75, 3.05) is 25.6 Å². The summed E-state index contributed by atoms with van der Waals surface area (Å²) in [5.41, 5.74) is 3.90. The van der Waals surface area contributed by atoms with Crippen molar-refractivity contribution in [1.29, 1.82) is 0 Å². The molecule has 46 heavy (non-hydrogen) atoms. The number of halogens is 1. The molecule has 15 heteroatoms. The normalized spacial score (nSPS) is 17.8. The SMILES string of the molecule is COc1cn([C@H]2CCC[C@@H](C)C(=O)Nc3cnn(C)c3-c3cc2nc2c3OCCO2)c(=O)cc1-c1cc(Cl)ccc1-n1cnnn1. The van der Waals surface area contributed by atoms with Crippen LogP contribution in [0.1, 0.15) is 37.9 Å². The maximum absolute atomic E-state index is 14.1. The van der Waals surface area contributed by atoms with Gasteiger partial charge in [-0.25, -0.2) is 4.98 Å². The fraction of sp³-hybridized carbons (Fsp3) is 0.323. The van der Waals surface area contributed by atoms with Crippen LogP contribution in [0.25, 0.3) is 28.1 Å². The van der Waals surface area contributed by atoms with E-state index in [1.807, 2.05) is 13.0 Å². The molecular formula is C31H30ClN9O5. The second kappa shape index (κ2) is 11.9. The molecule has 1 amide bonds. The molecule has 0 saturated heterocycles. The molecule has 4 aromatic heterocycles. The topological polar surface area (TPSA) is 153 Å². The highest BCUT2D eigenvalue weighted by Crippen LogP contribution is 2.44. The van der Waals surface area contributed by atoms with Gasteiger partial charge >= 0.3 is 0 Å². The van der Waals surface area contributed by atoms with Crippen molar-refractivity contribution in [3.63, 3.8) is 0 Å². The number of carbonyl (C=O) groups excluding carboxylic acids is 1. The van der Waals surface area contributed by atoms with E-state index >= 15 is 0 Å². The zero-order valence-corrected chi connectivity index (χ0v) is 26.1. The van der Waals surface area contributed by atoms with Crippen LogP contribution in [0.5, 0.6) is 17.4 Å². The van der Waals surface area contributed by atoms with E-state index in [0.29, 0.717) is 94.3 Å². The van der Waals surface area contributed by atoms with Gasteiger partial charge in [0.2, 0.25) is 5.91 Å². The number of fused-ring (bicyclic) bond motifs is 6. The second-order valence-electron chi connectivity index (χ2n) is 11.2. The number of nitrogens with zero attached hydrogens (tertiary/aromatic N) is 8. The number of ether oxygens (including phenoxy) is 3. The minimum atomic E-state index is -0.533. The largest absolute Gasteiger partial charge is 0.495 e. The lowest BCUT2D eigenvalue weighted by atomic mass is 9.96. The molecule has 0 aliphatic carbocycles. The highest BCUT2D eigenvalue weighted by molar-refractivity contribution is 6.31. The zero-order chi connectivity index (χ0) is 31.9. The van der Waals surface area contributed by atoms with Crippen molar-refractivity contribution in [3.05, 3.63) is 70.1 Å². The summed E-state index contributed by atoms with van der Waals surface area (Å²) < 4.78 is 22.7. The number of anilines is 1. The molecule has 2 aliphatic rings. The molecule has 7 rings (SSSR count). The quantitative estimate of drug-likeness (QED) is 0.303. The Kier molecular flexibility index (Phi) is 7.64. The first-order valence-electron chi connectivity index (χ1n) is 14.8. The molecule has 0 radical (unpaired) electrons. The summed E-state index contributed by atoms with van der Waals surface area (Å²) in [6, 6.07) is 8.10. The van der Waals surface area contributed by atoms with Crippen molar-refractivity contribution in [2.45, 2.75) is 32.2 Å². The lowest BCUT2D eigenvalue weighted by Crippen LogP contribution is -2.28. The Labute approximate surface area is 267 Å². The van der Waals surface area contributed by atoms with Gasteiger partial charge in [-0.15, -0.1) is 5.10 Å². The fourth-order valence-corrected chi connectivity index (χ4v) is 6.19. The average molecular weight is 644 g/mol. The van der Waals surface area contributed by atoms with Crippen molar-refractivity contribution < 1.29 is 19.0 Å². The number of methoxy groups -OCH3 is 1. The molecule has 1 N–H and O–H groups in total. The van der Waals surface area contributed by atoms with E-state index in [4.69, 9.17) is 30.8 Å². The molecule has 5 aromatic rings. The first-order chi connectivity index (χ1) is 22.3. The molecule has 2 atom stereocenters. The van der Waals surface area contributed by atoms with Crippen LogP contribution in [0.15, 0.2) is 53.8 Å². The van der Waals surface area contributed by atoms with Gasteiger partial charge in [0, 0.05) is 35.2 Å². The minimum Gasteiger partial charge on any atom is -0.495 e. The van der Waals surface area contributed by atoms with Crippen LogP contribution in [0.3, 0.4) is 0 Å². The molecule has 2 aliphatic heterocycles. The van der Waals surface area contributed by atoms with Gasteiger partial charge < -0.3 is 24.1 Å². The summed E-state index contributed by atoms with van der Waals surface area (Å²) in [5.74, 6) is 0.800. The minimum absolute atomic E-state index is 0.116. The first-order valence-corrected chi connectivity index (χ1v) is 15.2. The van der Waals surface area contributed by atoms with Gasteiger partial charge in [-0.1, -0.05) is 24.9 Å². The van der Waals surface area contributed by atoms with Gasteiger partial charge in [-0.2, -0.15) is 9.78 Å². The molecule has 0 unspecified atom stereocenters. The number of hydrogen-bond donors (Lipinski definition) is 1. The van der Waals surface area contributed by atoms with Crippen molar-refractivity contribution >= 4 is 23.2 Å². The van der Waals surface area contributed by atoms with Crippen LogP contribution in [-0.2, 0) is 11.8 Å². The highest BCUT2D eigenvalue weighted by Gasteiger charge is 2.30. The zero-order valence-electron chi connectivity index (χ0n) is 25.3. The van der Waals surface area contributed by atoms with E-state index in [2.05, 4.69) is 25.9 Å². The maximum atomic E-state index is 14.1. The monoisotopic (exact) mass is 643 g/mol. The van der Waals surface area contributed by atoms with E-state index in [-0.39, 0.29) is 17.4 Å². The maximum Gasteiger partial charge on any atom is 0.258 e. The standard InChI is InChI=1S/C31H30ClN9O5/c1-17-5-4-6-25(22-12-21(29-31(36-22)46-10-9-45-29)28-23(35-30(17)43)14-34-39(28)2)40-15-26(44-3)20(13-27(40)42)19-11-18(32)7-8-24(19)41-16-33-37-38-41/h7-8,11-17,25H,4-6,9-10H2,1-3H3,(H,35,43)/t17-,25+/m1/s1. The second-order valence-corrected chi connectivity index (χ2v) is 11.6. The molecule has 6 heterocycles. The Hall–Kier alpha value is -5.24. The lowest BCUT2D eigenvalue weighted by molar-refractivity contribution is -0.119. The molecule has 2 bridgehead atoms. The molecule has 0 fully saturated rings. The van der Waals surface area contributed by atoms with Crippen molar-refractivity contribution in [3.8, 4) is 45.5 Å². The number of amides is 1. The Morgan fingerprint density at radius 2 is 1.91 bits per heavy atom. The van der Waals surface area contributed by atoms with Crippen molar-refractivity contribution in [1.82, 2.24) is 39.5 Å². The van der Waals surface area contributed by atoms with E-state index in [1.54, 1.807) is 54.0 Å². The Morgan fingerprint density at radius 3 is 2.72 bits per heavy atom. The summed E-state index contributed by atoms with van der Waals surface area (Å²) in [6.07, 6.45) is 6.51. The van der Waals surface area contributed by atoms with Gasteiger partial charge in [-0.05, 0) is 47.5 Å². The van der Waals surface area contributed by atoms with Gasteiger partial charge in [0.25, 0.3) is 11.4 Å². The average Bonchev–Trinajstić information content (AvgIpc) is 3.72. The Morgan fingerprint density at radius 1 is 1.07 bits per heavy atom. The molecule has 0 saturated carbocycles. The predicted octanol–water partition coefficient (Wildman–Crippen LogP) is 4.07. The number of benzene rings is 1. The van der Waals surface area contributed by atoms with Crippen molar-refractivity contribution in [2.24, 2.45) is 13.0 Å². The summed E-state index contributed by atoms with van der Waals surface area (Å²) in [7, 11) is 3.34. The summed E-state index contributed by atoms with van der Waals surface area (Å²) in [6.45, 7) is 2.56. The van der Waals surface area contributed by atoms with E-state index in [9.17, 15) is 9.59 Å². The number of aryl methyl sites for hydroxylation is 1. The van der Waals surface area contributed by atoms with Gasteiger partial charge in [0.15, 0.2) is 5.75 Å². The van der Waals surface area contributed by atoms with Crippen LogP contribution in [-0.4, -0.2) is 65.8 Å². The number of hydrogen-bond acceptors (Lipinski definition) is 10. The Bertz CT molecular complexity index is 2010. The van der Waals surface area contributed by atoms with Gasteiger partial charge in [-0.3, -0.25) is 14.3 Å². The number of rotatable bonds is 4. The first kappa shape index (κ1) is 29.5. The smallest absolute Gasteiger partial charge is 0.258 e. The molecular weight excluding hydrogens is 614 g/mol. The van der Waals surface area contributed by atoms with Gasteiger partial charge in [0.1, 0.15) is 25.3 Å². The summed E-state index contributed by atoms with van der Waals surface area (Å²) in [5, 5.41) is 19.5. The molecule has 236 valence electrons. The highest BCUT2D eigenvalue weighted by atomic mass is 35.5. The Balaban J connectivity index is 1.42. The third-order valence-electron chi connectivity index (χ3n) is 8.33. The van der Waals surface area contributed by atoms with E-state index in [0.717, 1.165) is 0 Å². The van der Waals surface area contributed by atoms with Crippen LogP contribution in [0.4, 0.5) is 5.69 Å². The van der Waals surface area contributed by atoms with Crippen LogP contribution in [0.2, 0.25) is 5.02 Å². The van der Waals surface area contributed by atoms with E-state index < -0.39 is 6.04 Å². The number of carbonyl (C=O) groups is 1.